The second-order valence-electron chi connectivity index (χ2n) is 5.60. The van der Waals surface area contributed by atoms with E-state index in [1.807, 2.05) is 13.8 Å². The van der Waals surface area contributed by atoms with Crippen LogP contribution in [0.3, 0.4) is 0 Å². The van der Waals surface area contributed by atoms with Gasteiger partial charge in [0.15, 0.2) is 0 Å². The molecule has 1 aromatic rings. The highest BCUT2D eigenvalue weighted by molar-refractivity contribution is 5.78. The highest BCUT2D eigenvalue weighted by Gasteiger charge is 2.15. The van der Waals surface area contributed by atoms with Gasteiger partial charge in [-0.2, -0.15) is 0 Å². The molecule has 0 aromatic carbocycles. The van der Waals surface area contributed by atoms with Crippen molar-refractivity contribution in [1.82, 2.24) is 15.3 Å². The summed E-state index contributed by atoms with van der Waals surface area (Å²) in [6, 6.07) is 0.118. The van der Waals surface area contributed by atoms with Crippen molar-refractivity contribution in [2.45, 2.75) is 40.3 Å². The van der Waals surface area contributed by atoms with Crippen LogP contribution in [0.2, 0.25) is 0 Å². The number of carbonyl (C=O) groups excluding carboxylic acids is 1. The van der Waals surface area contributed by atoms with Crippen LogP contribution in [-0.2, 0) is 11.3 Å². The van der Waals surface area contributed by atoms with Crippen molar-refractivity contribution in [2.24, 2.45) is 11.7 Å². The molecule has 1 aromatic heterocycles. The number of nitrogens with one attached hydrogen (secondary N) is 1. The molecule has 0 saturated carbocycles. The molecule has 0 saturated heterocycles. The molecule has 1 rings (SSSR count). The van der Waals surface area contributed by atoms with Crippen molar-refractivity contribution in [3.8, 4) is 0 Å². The highest BCUT2D eigenvalue weighted by atomic mass is 16.1. The Hall–Kier alpha value is -1.69. The Labute approximate surface area is 120 Å². The second-order valence-corrected chi connectivity index (χ2v) is 5.60. The van der Waals surface area contributed by atoms with Crippen molar-refractivity contribution >= 4 is 11.9 Å². The van der Waals surface area contributed by atoms with Crippen molar-refractivity contribution in [2.75, 3.05) is 18.0 Å². The lowest BCUT2D eigenvalue weighted by Crippen LogP contribution is -2.39. The zero-order valence-electron chi connectivity index (χ0n) is 12.8. The molecule has 0 unspecified atom stereocenters. The normalized spacial score (nSPS) is 11.1. The minimum Gasteiger partial charge on any atom is -0.368 e. The minimum absolute atomic E-state index is 0.118. The van der Waals surface area contributed by atoms with Crippen LogP contribution in [0.4, 0.5) is 5.95 Å². The summed E-state index contributed by atoms with van der Waals surface area (Å²) in [6.45, 7) is 10.1. The molecule has 0 aliphatic rings. The van der Waals surface area contributed by atoms with Crippen molar-refractivity contribution < 1.29 is 4.79 Å². The number of aromatic nitrogens is 2. The van der Waals surface area contributed by atoms with Crippen LogP contribution in [-0.4, -0.2) is 35.0 Å². The second kappa shape index (κ2) is 7.79. The van der Waals surface area contributed by atoms with Gasteiger partial charge >= 0.3 is 0 Å². The predicted molar refractivity (Wildman–Crippen MR) is 80.3 cm³/mol. The Kier molecular flexibility index (Phi) is 6.38. The third-order valence-electron chi connectivity index (χ3n) is 2.78. The van der Waals surface area contributed by atoms with Crippen LogP contribution in [0.25, 0.3) is 0 Å². The molecule has 20 heavy (non-hydrogen) atoms. The van der Waals surface area contributed by atoms with Gasteiger partial charge in [-0.3, -0.25) is 4.79 Å². The van der Waals surface area contributed by atoms with Crippen LogP contribution in [0.15, 0.2) is 12.4 Å². The Balaban J connectivity index is 2.65. The topological polar surface area (TPSA) is 84.1 Å². The van der Waals surface area contributed by atoms with E-state index < -0.39 is 0 Å². The fraction of sp³-hybridized carbons (Fsp3) is 0.643. The number of primary amides is 1. The zero-order valence-corrected chi connectivity index (χ0v) is 12.8. The van der Waals surface area contributed by atoms with Crippen LogP contribution >= 0.6 is 0 Å². The summed E-state index contributed by atoms with van der Waals surface area (Å²) in [4.78, 5) is 21.5. The highest BCUT2D eigenvalue weighted by Crippen LogP contribution is 2.10. The fourth-order valence-electron chi connectivity index (χ4n) is 1.74. The number of hydrogen-bond acceptors (Lipinski definition) is 5. The lowest BCUT2D eigenvalue weighted by atomic mass is 10.2. The maximum atomic E-state index is 11.1. The van der Waals surface area contributed by atoms with Gasteiger partial charge in [0.05, 0.1) is 6.54 Å². The number of nitrogens with zero attached hydrogens (tertiary/aromatic N) is 3. The predicted octanol–water partition coefficient (Wildman–Crippen LogP) is 0.922. The third kappa shape index (κ3) is 5.52. The van der Waals surface area contributed by atoms with E-state index in [4.69, 9.17) is 5.73 Å². The van der Waals surface area contributed by atoms with E-state index in [2.05, 4.69) is 29.1 Å². The Morgan fingerprint density at radius 3 is 2.35 bits per heavy atom. The average Bonchev–Trinajstić information content (AvgIpc) is 2.36. The Morgan fingerprint density at radius 1 is 1.30 bits per heavy atom. The first-order valence-corrected chi connectivity index (χ1v) is 6.96. The maximum Gasteiger partial charge on any atom is 0.237 e. The largest absolute Gasteiger partial charge is 0.368 e. The van der Waals surface area contributed by atoms with E-state index >= 15 is 0 Å². The van der Waals surface area contributed by atoms with Crippen molar-refractivity contribution in [3.05, 3.63) is 18.0 Å². The van der Waals surface area contributed by atoms with Crippen LogP contribution in [0.1, 0.15) is 33.3 Å². The van der Waals surface area contributed by atoms with Gasteiger partial charge in [-0.05, 0) is 26.3 Å². The minimum atomic E-state index is -0.384. The first-order chi connectivity index (χ1) is 9.40. The van der Waals surface area contributed by atoms with Gasteiger partial charge in [-0.25, -0.2) is 9.97 Å². The third-order valence-corrected chi connectivity index (χ3v) is 2.78. The Morgan fingerprint density at radius 2 is 1.90 bits per heavy atom. The van der Waals surface area contributed by atoms with Gasteiger partial charge in [0.2, 0.25) is 11.9 Å². The van der Waals surface area contributed by atoms with Crippen LogP contribution in [0, 0.1) is 5.92 Å². The van der Waals surface area contributed by atoms with Crippen molar-refractivity contribution in [3.63, 3.8) is 0 Å². The SMILES string of the molecule is CC(C)CNCc1cnc(N(CC(N)=O)C(C)C)nc1. The summed E-state index contributed by atoms with van der Waals surface area (Å²) in [5, 5.41) is 3.34. The van der Waals surface area contributed by atoms with E-state index in [1.54, 1.807) is 17.3 Å². The van der Waals surface area contributed by atoms with E-state index in [1.165, 1.54) is 0 Å². The van der Waals surface area contributed by atoms with E-state index in [0.29, 0.717) is 11.9 Å². The van der Waals surface area contributed by atoms with Gasteiger partial charge in [-0.15, -0.1) is 0 Å². The fourth-order valence-corrected chi connectivity index (χ4v) is 1.74. The molecule has 0 fully saturated rings. The summed E-state index contributed by atoms with van der Waals surface area (Å²) in [5.41, 5.74) is 6.27. The first kappa shape index (κ1) is 16.4. The molecule has 0 spiro atoms. The summed E-state index contributed by atoms with van der Waals surface area (Å²) in [7, 11) is 0. The lowest BCUT2D eigenvalue weighted by molar-refractivity contribution is -0.116. The van der Waals surface area contributed by atoms with E-state index in [-0.39, 0.29) is 18.5 Å². The summed E-state index contributed by atoms with van der Waals surface area (Å²) < 4.78 is 0. The summed E-state index contributed by atoms with van der Waals surface area (Å²) in [6.07, 6.45) is 3.57. The number of nitrogens with two attached hydrogens (primary N) is 1. The molecule has 0 bridgehead atoms. The molecule has 6 heteroatoms. The molecule has 6 nitrogen and oxygen atoms in total. The number of carbonyl (C=O) groups is 1. The molecular weight excluding hydrogens is 254 g/mol. The van der Waals surface area contributed by atoms with Gasteiger partial charge in [0.1, 0.15) is 0 Å². The van der Waals surface area contributed by atoms with Crippen LogP contribution < -0.4 is 16.0 Å². The molecule has 112 valence electrons. The number of anilines is 1. The molecular formula is C14H25N5O. The quantitative estimate of drug-likeness (QED) is 0.739. The summed E-state index contributed by atoms with van der Waals surface area (Å²) in [5.74, 6) is 0.763. The first-order valence-electron chi connectivity index (χ1n) is 6.96. The number of rotatable bonds is 8. The smallest absolute Gasteiger partial charge is 0.237 e. The van der Waals surface area contributed by atoms with E-state index in [0.717, 1.165) is 18.7 Å². The molecule has 0 aliphatic heterocycles. The van der Waals surface area contributed by atoms with Gasteiger partial charge in [-0.1, -0.05) is 13.8 Å². The van der Waals surface area contributed by atoms with Gasteiger partial charge < -0.3 is 16.0 Å². The molecule has 3 N–H and O–H groups in total. The molecule has 0 aliphatic carbocycles. The number of amides is 1. The monoisotopic (exact) mass is 279 g/mol. The van der Waals surface area contributed by atoms with Crippen LogP contribution in [0.5, 0.6) is 0 Å². The van der Waals surface area contributed by atoms with Gasteiger partial charge in [0.25, 0.3) is 0 Å². The van der Waals surface area contributed by atoms with Crippen molar-refractivity contribution in [1.29, 1.82) is 0 Å². The average molecular weight is 279 g/mol. The molecule has 1 amide bonds. The summed E-state index contributed by atoms with van der Waals surface area (Å²) >= 11 is 0. The van der Waals surface area contributed by atoms with E-state index in [9.17, 15) is 4.79 Å². The van der Waals surface area contributed by atoms with Gasteiger partial charge in [0, 0.05) is 30.5 Å². The maximum absolute atomic E-state index is 11.1. The lowest BCUT2D eigenvalue weighted by Gasteiger charge is -2.25. The molecule has 0 radical (unpaired) electrons. The Bertz CT molecular complexity index is 416. The molecule has 0 atom stereocenters. The number of hydrogen-bond donors (Lipinski definition) is 2. The zero-order chi connectivity index (χ0) is 15.1. The standard InChI is InChI=1S/C14H25N5O/c1-10(2)5-16-6-12-7-17-14(18-8-12)19(11(3)4)9-13(15)20/h7-8,10-11,16H,5-6,9H2,1-4H3,(H2,15,20). The molecule has 1 heterocycles.